The monoisotopic (exact) mass is 269 g/mol. The molecule has 0 bridgehead atoms. The van der Waals surface area contributed by atoms with Crippen molar-refractivity contribution in [3.05, 3.63) is 0 Å². The van der Waals surface area contributed by atoms with Crippen molar-refractivity contribution in [3.63, 3.8) is 0 Å². The molecule has 1 aliphatic heterocycles. The lowest BCUT2D eigenvalue weighted by atomic mass is 9.91. The summed E-state index contributed by atoms with van der Waals surface area (Å²) in [5.74, 6) is 0.856. The van der Waals surface area contributed by atoms with Gasteiger partial charge in [-0.25, -0.2) is 0 Å². The molecule has 114 valence electrons. The van der Waals surface area contributed by atoms with Gasteiger partial charge in [0.25, 0.3) is 0 Å². The summed E-state index contributed by atoms with van der Waals surface area (Å²) in [6.45, 7) is 11.0. The van der Waals surface area contributed by atoms with Crippen LogP contribution >= 0.6 is 0 Å². The quantitative estimate of drug-likeness (QED) is 0.649. The Morgan fingerprint density at radius 1 is 1.32 bits per heavy atom. The highest BCUT2D eigenvalue weighted by Crippen LogP contribution is 2.19. The second kappa shape index (κ2) is 9.73. The van der Waals surface area contributed by atoms with Crippen LogP contribution in [0.15, 0.2) is 0 Å². The van der Waals surface area contributed by atoms with E-state index >= 15 is 0 Å². The van der Waals surface area contributed by atoms with Crippen molar-refractivity contribution in [2.75, 3.05) is 46.8 Å². The number of unbranched alkanes of at least 4 members (excludes halogenated alkanes) is 1. The zero-order valence-corrected chi connectivity index (χ0v) is 13.6. The lowest BCUT2D eigenvalue weighted by Gasteiger charge is -2.36. The molecule has 1 rings (SSSR count). The first-order valence-corrected chi connectivity index (χ1v) is 8.24. The van der Waals surface area contributed by atoms with Gasteiger partial charge in [0, 0.05) is 12.6 Å². The molecule has 0 aromatic rings. The minimum atomic E-state index is 0.680. The number of hydrogen-bond acceptors (Lipinski definition) is 3. The van der Waals surface area contributed by atoms with E-state index in [9.17, 15) is 0 Å². The van der Waals surface area contributed by atoms with E-state index < -0.39 is 0 Å². The second-order valence-corrected chi connectivity index (χ2v) is 6.46. The van der Waals surface area contributed by atoms with E-state index in [1.54, 1.807) is 0 Å². The van der Waals surface area contributed by atoms with Gasteiger partial charge in [0.05, 0.1) is 0 Å². The van der Waals surface area contributed by atoms with Gasteiger partial charge in [-0.1, -0.05) is 6.92 Å². The van der Waals surface area contributed by atoms with E-state index in [2.05, 4.69) is 43.1 Å². The molecule has 3 heteroatoms. The number of likely N-dealkylation sites (tertiary alicyclic amines) is 1. The van der Waals surface area contributed by atoms with Crippen molar-refractivity contribution in [3.8, 4) is 0 Å². The number of piperidine rings is 1. The van der Waals surface area contributed by atoms with Crippen molar-refractivity contribution in [2.45, 2.75) is 52.0 Å². The van der Waals surface area contributed by atoms with Crippen molar-refractivity contribution >= 4 is 0 Å². The second-order valence-electron chi connectivity index (χ2n) is 6.46. The topological polar surface area (TPSA) is 18.5 Å². The lowest BCUT2D eigenvalue weighted by Crippen LogP contribution is -2.44. The van der Waals surface area contributed by atoms with Crippen LogP contribution in [0.2, 0.25) is 0 Å². The van der Waals surface area contributed by atoms with Crippen LogP contribution in [-0.4, -0.2) is 62.7 Å². The molecule has 2 atom stereocenters. The highest BCUT2D eigenvalue weighted by atomic mass is 15.1. The first-order chi connectivity index (χ1) is 9.13. The summed E-state index contributed by atoms with van der Waals surface area (Å²) in [6.07, 6.45) is 6.69. The summed E-state index contributed by atoms with van der Waals surface area (Å²) in [6, 6.07) is 0.680. The highest BCUT2D eigenvalue weighted by Gasteiger charge is 2.23. The molecule has 0 spiro atoms. The molecule has 1 heterocycles. The molecule has 0 saturated carbocycles. The van der Waals surface area contributed by atoms with Crippen LogP contribution in [0.4, 0.5) is 0 Å². The summed E-state index contributed by atoms with van der Waals surface area (Å²) >= 11 is 0. The molecular formula is C16H35N3. The molecule has 0 radical (unpaired) electrons. The molecule has 0 aromatic heterocycles. The van der Waals surface area contributed by atoms with Crippen LogP contribution in [0.25, 0.3) is 0 Å². The van der Waals surface area contributed by atoms with Crippen LogP contribution in [-0.2, 0) is 0 Å². The molecule has 3 nitrogen and oxygen atoms in total. The van der Waals surface area contributed by atoms with Gasteiger partial charge >= 0.3 is 0 Å². The largest absolute Gasteiger partial charge is 0.314 e. The van der Waals surface area contributed by atoms with Gasteiger partial charge in [-0.05, 0) is 85.2 Å². The maximum atomic E-state index is 3.74. The maximum Gasteiger partial charge on any atom is 0.00792 e. The smallest absolute Gasteiger partial charge is 0.00792 e. The normalized spacial score (nSPS) is 22.9. The molecular weight excluding hydrogens is 234 g/mol. The van der Waals surface area contributed by atoms with Gasteiger partial charge in [0.15, 0.2) is 0 Å². The van der Waals surface area contributed by atoms with Gasteiger partial charge in [0.2, 0.25) is 0 Å². The van der Waals surface area contributed by atoms with E-state index in [-0.39, 0.29) is 0 Å². The van der Waals surface area contributed by atoms with Gasteiger partial charge in [-0.15, -0.1) is 0 Å². The molecule has 1 aliphatic rings. The minimum Gasteiger partial charge on any atom is -0.314 e. The maximum absolute atomic E-state index is 3.74. The van der Waals surface area contributed by atoms with Crippen LogP contribution in [0.1, 0.15) is 46.0 Å². The Labute approximate surface area is 120 Å². The summed E-state index contributed by atoms with van der Waals surface area (Å²) < 4.78 is 0. The Kier molecular flexibility index (Phi) is 8.67. The predicted molar refractivity (Wildman–Crippen MR) is 84.7 cm³/mol. The number of hydrogen-bond donors (Lipinski definition) is 1. The molecule has 1 N–H and O–H groups in total. The molecule has 1 fully saturated rings. The zero-order chi connectivity index (χ0) is 14.1. The van der Waals surface area contributed by atoms with Crippen molar-refractivity contribution < 1.29 is 0 Å². The SMILES string of the molecule is CCCN1CCCC(C(C)NCCCCN(C)C)C1. The fourth-order valence-electron chi connectivity index (χ4n) is 3.07. The van der Waals surface area contributed by atoms with E-state index in [4.69, 9.17) is 0 Å². The Bertz CT molecular complexity index is 216. The van der Waals surface area contributed by atoms with E-state index in [0.717, 1.165) is 5.92 Å². The fourth-order valence-corrected chi connectivity index (χ4v) is 3.07. The van der Waals surface area contributed by atoms with Gasteiger partial charge in [-0.3, -0.25) is 0 Å². The Morgan fingerprint density at radius 3 is 2.79 bits per heavy atom. The van der Waals surface area contributed by atoms with Gasteiger partial charge < -0.3 is 15.1 Å². The molecule has 2 unspecified atom stereocenters. The Hall–Kier alpha value is -0.120. The zero-order valence-electron chi connectivity index (χ0n) is 13.6. The summed E-state index contributed by atoms with van der Waals surface area (Å²) in [5.41, 5.74) is 0. The number of nitrogens with zero attached hydrogens (tertiary/aromatic N) is 2. The van der Waals surface area contributed by atoms with Crippen molar-refractivity contribution in [1.82, 2.24) is 15.1 Å². The van der Waals surface area contributed by atoms with Gasteiger partial charge in [0.1, 0.15) is 0 Å². The molecule has 0 aromatic carbocycles. The molecule has 19 heavy (non-hydrogen) atoms. The summed E-state index contributed by atoms with van der Waals surface area (Å²) in [7, 11) is 4.31. The third-order valence-corrected chi connectivity index (χ3v) is 4.29. The van der Waals surface area contributed by atoms with Gasteiger partial charge in [-0.2, -0.15) is 0 Å². The summed E-state index contributed by atoms with van der Waals surface area (Å²) in [5, 5.41) is 3.74. The average molecular weight is 269 g/mol. The van der Waals surface area contributed by atoms with Crippen LogP contribution < -0.4 is 5.32 Å². The average Bonchev–Trinajstić information content (AvgIpc) is 2.38. The standard InChI is InChI=1S/C16H35N3/c1-5-11-19-13-8-9-16(14-19)15(2)17-10-6-7-12-18(3)4/h15-17H,5-14H2,1-4H3. The summed E-state index contributed by atoms with van der Waals surface area (Å²) in [4.78, 5) is 4.92. The van der Waals surface area contributed by atoms with Crippen molar-refractivity contribution in [2.24, 2.45) is 5.92 Å². The molecule has 0 amide bonds. The van der Waals surface area contributed by atoms with E-state index in [1.807, 2.05) is 0 Å². The first kappa shape index (κ1) is 16.9. The minimum absolute atomic E-state index is 0.680. The third-order valence-electron chi connectivity index (χ3n) is 4.29. The van der Waals surface area contributed by atoms with E-state index in [1.165, 1.54) is 64.8 Å². The first-order valence-electron chi connectivity index (χ1n) is 8.24. The lowest BCUT2D eigenvalue weighted by molar-refractivity contribution is 0.151. The predicted octanol–water partition coefficient (Wildman–Crippen LogP) is 2.43. The Morgan fingerprint density at radius 2 is 2.11 bits per heavy atom. The Balaban J connectivity index is 2.12. The van der Waals surface area contributed by atoms with Crippen LogP contribution in [0.3, 0.4) is 0 Å². The van der Waals surface area contributed by atoms with E-state index in [0.29, 0.717) is 6.04 Å². The van der Waals surface area contributed by atoms with Crippen LogP contribution in [0, 0.1) is 5.92 Å². The fraction of sp³-hybridized carbons (Fsp3) is 1.00. The van der Waals surface area contributed by atoms with Crippen molar-refractivity contribution in [1.29, 1.82) is 0 Å². The number of nitrogens with one attached hydrogen (secondary N) is 1. The molecule has 1 saturated heterocycles. The number of rotatable bonds is 9. The van der Waals surface area contributed by atoms with Crippen LogP contribution in [0.5, 0.6) is 0 Å². The highest BCUT2D eigenvalue weighted by molar-refractivity contribution is 4.80. The molecule has 0 aliphatic carbocycles. The third kappa shape index (κ3) is 7.28.